The Bertz CT molecular complexity index is 2010. The lowest BCUT2D eigenvalue weighted by Crippen LogP contribution is -2.33. The lowest BCUT2D eigenvalue weighted by molar-refractivity contribution is -0.661. The fraction of sp³-hybridized carbons (Fsp3) is 0.205. The maximum Gasteiger partial charge on any atom is 0.294 e. The molecule has 0 saturated heterocycles. The van der Waals surface area contributed by atoms with E-state index in [1.54, 1.807) is 0 Å². The molecule has 3 heteroatoms. The number of aromatic nitrogens is 2. The minimum Gasteiger partial charge on any atom is -0.455 e. The summed E-state index contributed by atoms with van der Waals surface area (Å²) in [6.07, 6.45) is 22.7. The van der Waals surface area contributed by atoms with Crippen LogP contribution >= 0.6 is 0 Å². The summed E-state index contributed by atoms with van der Waals surface area (Å²) >= 11 is 0. The second-order valence-corrected chi connectivity index (χ2v) is 11.8. The van der Waals surface area contributed by atoms with E-state index in [9.17, 15) is 0 Å². The molecule has 0 radical (unpaired) electrons. The Labute approximate surface area is 247 Å². The molecule has 8 rings (SSSR count). The first kappa shape index (κ1) is 25.1. The molecular weight excluding hydrogens is 512 g/mol. The van der Waals surface area contributed by atoms with Gasteiger partial charge in [-0.3, -0.25) is 0 Å². The number of rotatable bonds is 4. The largest absolute Gasteiger partial charge is 0.455 e. The Kier molecular flexibility index (Phi) is 5.99. The molecule has 2 atom stereocenters. The summed E-state index contributed by atoms with van der Waals surface area (Å²) in [6.45, 7) is 2.23. The molecule has 0 aliphatic heterocycles. The van der Waals surface area contributed by atoms with Crippen molar-refractivity contribution >= 4 is 33.6 Å². The van der Waals surface area contributed by atoms with E-state index >= 15 is 0 Å². The molecule has 2 aromatic heterocycles. The van der Waals surface area contributed by atoms with E-state index in [1.165, 1.54) is 55.8 Å². The van der Waals surface area contributed by atoms with Gasteiger partial charge in [0, 0.05) is 35.1 Å². The predicted molar refractivity (Wildman–Crippen MR) is 173 cm³/mol. The average molecular weight is 548 g/mol. The summed E-state index contributed by atoms with van der Waals surface area (Å²) in [6, 6.07) is 24.1. The number of aryl methyl sites for hydroxylation is 1. The molecule has 3 nitrogen and oxygen atoms in total. The van der Waals surface area contributed by atoms with Gasteiger partial charge >= 0.3 is 0 Å². The molecule has 3 aromatic carbocycles. The number of imidazole rings is 1. The minimum absolute atomic E-state index is 0.176. The predicted octanol–water partition coefficient (Wildman–Crippen LogP) is 9.23. The van der Waals surface area contributed by atoms with E-state index in [1.807, 2.05) is 0 Å². The van der Waals surface area contributed by atoms with Crippen LogP contribution in [0.1, 0.15) is 47.8 Å². The second-order valence-electron chi connectivity index (χ2n) is 11.8. The lowest BCUT2D eigenvalue weighted by atomic mass is 9.82. The average Bonchev–Trinajstić information content (AvgIpc) is 3.56. The van der Waals surface area contributed by atoms with Crippen LogP contribution in [-0.2, 0) is 13.5 Å². The van der Waals surface area contributed by atoms with Crippen molar-refractivity contribution in [1.82, 2.24) is 4.57 Å². The number of furan rings is 1. The fourth-order valence-corrected chi connectivity index (χ4v) is 7.33. The second kappa shape index (κ2) is 10.0. The van der Waals surface area contributed by atoms with Crippen LogP contribution in [0.15, 0.2) is 119 Å². The third-order valence-corrected chi connectivity index (χ3v) is 9.38. The summed E-state index contributed by atoms with van der Waals surface area (Å²) in [5, 5.41) is 2.35. The van der Waals surface area contributed by atoms with Crippen molar-refractivity contribution in [3.63, 3.8) is 0 Å². The first-order chi connectivity index (χ1) is 20.7. The third kappa shape index (κ3) is 3.91. The number of benzene rings is 3. The number of nitrogens with zero attached hydrogens (tertiary/aromatic N) is 2. The molecule has 0 amide bonds. The van der Waals surface area contributed by atoms with E-state index < -0.39 is 0 Å². The normalized spacial score (nSPS) is 19.8. The van der Waals surface area contributed by atoms with Crippen molar-refractivity contribution in [2.75, 3.05) is 0 Å². The van der Waals surface area contributed by atoms with Crippen molar-refractivity contribution in [3.8, 4) is 11.4 Å². The Balaban J connectivity index is 1.39. The van der Waals surface area contributed by atoms with E-state index in [2.05, 4.69) is 138 Å². The molecule has 42 heavy (non-hydrogen) atoms. The van der Waals surface area contributed by atoms with Gasteiger partial charge in [0.1, 0.15) is 17.2 Å². The van der Waals surface area contributed by atoms with Crippen LogP contribution in [0.25, 0.3) is 45.0 Å². The van der Waals surface area contributed by atoms with Gasteiger partial charge in [-0.05, 0) is 48.6 Å². The van der Waals surface area contributed by atoms with Crippen LogP contribution in [0.5, 0.6) is 0 Å². The molecule has 2 heterocycles. The Morgan fingerprint density at radius 2 is 1.74 bits per heavy atom. The summed E-state index contributed by atoms with van der Waals surface area (Å²) in [7, 11) is 2.23. The van der Waals surface area contributed by atoms with E-state index in [-0.39, 0.29) is 6.04 Å². The van der Waals surface area contributed by atoms with Gasteiger partial charge in [0.05, 0.1) is 7.05 Å². The van der Waals surface area contributed by atoms with Gasteiger partial charge in [-0.2, -0.15) is 0 Å². The molecule has 0 spiro atoms. The van der Waals surface area contributed by atoms with Crippen molar-refractivity contribution in [1.29, 1.82) is 0 Å². The van der Waals surface area contributed by atoms with Crippen molar-refractivity contribution in [2.45, 2.75) is 38.6 Å². The minimum atomic E-state index is 0.176. The summed E-state index contributed by atoms with van der Waals surface area (Å²) < 4.78 is 11.7. The zero-order chi connectivity index (χ0) is 28.2. The molecule has 0 saturated carbocycles. The van der Waals surface area contributed by atoms with Gasteiger partial charge in [0.15, 0.2) is 17.0 Å². The van der Waals surface area contributed by atoms with E-state index in [4.69, 9.17) is 4.42 Å². The van der Waals surface area contributed by atoms with Crippen LogP contribution < -0.4 is 4.57 Å². The molecular formula is C39H35N2O+. The van der Waals surface area contributed by atoms with Gasteiger partial charge in [0.2, 0.25) is 0 Å². The van der Waals surface area contributed by atoms with Crippen LogP contribution in [0, 0.1) is 12.8 Å². The Morgan fingerprint density at radius 3 is 2.60 bits per heavy atom. The zero-order valence-electron chi connectivity index (χ0n) is 24.3. The standard InChI is InChI=1S/C39H35N2O/c1-26-21-23-31-30-17-9-12-20-36(30)42-38(31)37(26)39-40(2)34-18-10-11-19-35(34)41(39)33-24-22-29(27-13-5-3-6-14-27)25-32(33)28-15-7-4-8-16-28/h3-10,12-13,15-18,20-23,25,27,33H,11,14,19,24H2,1-2H3/q+1. The highest BCUT2D eigenvalue weighted by molar-refractivity contribution is 6.09. The van der Waals surface area contributed by atoms with Gasteiger partial charge in [-0.1, -0.05) is 103 Å². The van der Waals surface area contributed by atoms with E-state index in [0.29, 0.717) is 5.92 Å². The molecule has 3 aliphatic carbocycles. The summed E-state index contributed by atoms with van der Waals surface area (Å²) in [4.78, 5) is 0. The number of allylic oxidation sites excluding steroid dienone is 9. The van der Waals surface area contributed by atoms with Gasteiger partial charge in [-0.15, -0.1) is 0 Å². The highest BCUT2D eigenvalue weighted by atomic mass is 16.3. The van der Waals surface area contributed by atoms with Gasteiger partial charge in [0.25, 0.3) is 5.82 Å². The van der Waals surface area contributed by atoms with Crippen molar-refractivity contribution in [2.24, 2.45) is 13.0 Å². The molecule has 206 valence electrons. The van der Waals surface area contributed by atoms with Crippen LogP contribution in [-0.4, -0.2) is 4.57 Å². The molecule has 0 bridgehead atoms. The number of hydrogen-bond acceptors (Lipinski definition) is 1. The Hall–Kier alpha value is -4.63. The summed E-state index contributed by atoms with van der Waals surface area (Å²) in [5.74, 6) is 1.65. The SMILES string of the molecule is Cc1ccc2c(oc3ccccc32)c1-c1n(C2CC=C(C3C=CC=CC3)C=C2c2ccccc2)c2c([n+]1C)C=CCC2. The number of para-hydroxylation sites is 1. The zero-order valence-corrected chi connectivity index (χ0v) is 24.3. The van der Waals surface area contributed by atoms with Crippen LogP contribution in [0.4, 0.5) is 0 Å². The van der Waals surface area contributed by atoms with Crippen molar-refractivity contribution in [3.05, 3.63) is 137 Å². The Morgan fingerprint density at radius 1 is 0.881 bits per heavy atom. The topological polar surface area (TPSA) is 21.9 Å². The first-order valence-corrected chi connectivity index (χ1v) is 15.2. The fourth-order valence-electron chi connectivity index (χ4n) is 7.33. The quantitative estimate of drug-likeness (QED) is 0.206. The maximum atomic E-state index is 6.67. The molecule has 5 aromatic rings. The summed E-state index contributed by atoms with van der Waals surface area (Å²) in [5.41, 5.74) is 11.2. The number of fused-ring (bicyclic) bond motifs is 4. The third-order valence-electron chi connectivity index (χ3n) is 9.38. The maximum absolute atomic E-state index is 6.67. The van der Waals surface area contributed by atoms with Crippen molar-refractivity contribution < 1.29 is 8.98 Å². The molecule has 0 fully saturated rings. The number of hydrogen-bond donors (Lipinski definition) is 0. The first-order valence-electron chi connectivity index (χ1n) is 15.2. The van der Waals surface area contributed by atoms with Gasteiger partial charge in [-0.25, -0.2) is 9.13 Å². The molecule has 0 N–H and O–H groups in total. The van der Waals surface area contributed by atoms with Gasteiger partial charge < -0.3 is 4.42 Å². The smallest absolute Gasteiger partial charge is 0.294 e. The monoisotopic (exact) mass is 547 g/mol. The van der Waals surface area contributed by atoms with Crippen LogP contribution in [0.2, 0.25) is 0 Å². The highest BCUT2D eigenvalue weighted by Gasteiger charge is 2.39. The lowest BCUT2D eigenvalue weighted by Gasteiger charge is -2.27. The molecule has 2 unspecified atom stereocenters. The molecule has 3 aliphatic rings. The highest BCUT2D eigenvalue weighted by Crippen LogP contribution is 2.45. The van der Waals surface area contributed by atoms with Crippen LogP contribution in [0.3, 0.4) is 0 Å². The van der Waals surface area contributed by atoms with E-state index in [0.717, 1.165) is 36.8 Å².